The van der Waals surface area contributed by atoms with Crippen LogP contribution in [0.5, 0.6) is 0 Å². The molecule has 0 amide bonds. The van der Waals surface area contributed by atoms with E-state index in [1.54, 1.807) is 0 Å². The Kier molecular flexibility index (Phi) is 4.03. The average Bonchev–Trinajstić information content (AvgIpc) is 2.42. The first-order valence-electron chi connectivity index (χ1n) is 9.93. The zero-order chi connectivity index (χ0) is 20.8. The minimum atomic E-state index is -4.60. The maximum atomic E-state index is 13.3. The van der Waals surface area contributed by atoms with Crippen LogP contribution in [0.4, 0.5) is 13.2 Å². The van der Waals surface area contributed by atoms with Gasteiger partial charge in [-0.3, -0.25) is 10.2 Å². The van der Waals surface area contributed by atoms with Crippen LogP contribution in [0.3, 0.4) is 0 Å². The third-order valence-electron chi connectivity index (χ3n) is 7.30. The molecule has 0 radical (unpaired) electrons. The fourth-order valence-electron chi connectivity index (χ4n) is 5.69. The summed E-state index contributed by atoms with van der Waals surface area (Å²) in [5, 5.41) is 5.60. The number of alkyl halides is 3. The number of hydrogen-bond donors (Lipinski definition) is 2. The second-order valence-corrected chi connectivity index (χ2v) is 11.4. The van der Waals surface area contributed by atoms with E-state index < -0.39 is 27.1 Å². The molecule has 1 aromatic rings. The Hall–Kier alpha value is -1.23. The summed E-state index contributed by atoms with van der Waals surface area (Å²) in [5.41, 5.74) is -0.918. The standard InChI is InChI=1S/C19H25F3N4O2S/c1-11-3-14(19(20,21)22)25-12(2)15(11)29(27,28)16-18(8-24-16)9-26(10-18)13-4-17(5-13)6-23-7-17/h3,13,16,23-24H,4-10H2,1-2H3. The molecule has 2 spiro atoms. The van der Waals surface area contributed by atoms with Crippen molar-refractivity contribution in [3.8, 4) is 0 Å². The molecule has 1 aliphatic carbocycles. The summed E-state index contributed by atoms with van der Waals surface area (Å²) in [6.07, 6.45) is -2.26. The van der Waals surface area contributed by atoms with Gasteiger partial charge in [0, 0.05) is 44.2 Å². The first kappa shape index (κ1) is 19.7. The monoisotopic (exact) mass is 430 g/mol. The molecule has 1 atom stereocenters. The third kappa shape index (κ3) is 2.79. The van der Waals surface area contributed by atoms with Crippen molar-refractivity contribution in [2.45, 2.75) is 49.2 Å². The van der Waals surface area contributed by atoms with Gasteiger partial charge in [0.25, 0.3) is 0 Å². The number of halogens is 3. The largest absolute Gasteiger partial charge is 0.433 e. The van der Waals surface area contributed by atoms with Crippen molar-refractivity contribution in [2.24, 2.45) is 10.8 Å². The first-order chi connectivity index (χ1) is 13.5. The van der Waals surface area contributed by atoms with Gasteiger partial charge in [-0.25, -0.2) is 13.4 Å². The maximum absolute atomic E-state index is 13.3. The van der Waals surface area contributed by atoms with E-state index in [9.17, 15) is 21.6 Å². The summed E-state index contributed by atoms with van der Waals surface area (Å²) in [6.45, 7) is 7.00. The SMILES string of the molecule is Cc1cc(C(F)(F)F)nc(C)c1S(=O)(=O)C1NCC12CN(C1CC3(CNC3)C1)C2. The second kappa shape index (κ2) is 5.93. The number of aromatic nitrogens is 1. The van der Waals surface area contributed by atoms with Crippen LogP contribution in [0.15, 0.2) is 11.0 Å². The Morgan fingerprint density at radius 3 is 2.28 bits per heavy atom. The molecule has 5 rings (SSSR count). The molecule has 0 bridgehead atoms. The Labute approximate surface area is 168 Å². The lowest BCUT2D eigenvalue weighted by Gasteiger charge is -2.66. The van der Waals surface area contributed by atoms with Crippen LogP contribution >= 0.6 is 0 Å². The number of likely N-dealkylation sites (tertiary alicyclic amines) is 1. The normalized spacial score (nSPS) is 28.5. The van der Waals surface area contributed by atoms with E-state index in [0.29, 0.717) is 18.0 Å². The topological polar surface area (TPSA) is 74.3 Å². The quantitative estimate of drug-likeness (QED) is 0.757. The fourth-order valence-corrected chi connectivity index (χ4v) is 8.08. The minimum Gasteiger partial charge on any atom is -0.316 e. The lowest BCUT2D eigenvalue weighted by Crippen LogP contribution is -2.81. The van der Waals surface area contributed by atoms with Crippen molar-refractivity contribution in [1.82, 2.24) is 20.5 Å². The van der Waals surface area contributed by atoms with Gasteiger partial charge >= 0.3 is 6.18 Å². The van der Waals surface area contributed by atoms with Crippen LogP contribution in [-0.4, -0.2) is 62.4 Å². The van der Waals surface area contributed by atoms with Crippen LogP contribution in [0.1, 0.15) is 29.8 Å². The van der Waals surface area contributed by atoms with E-state index in [2.05, 4.69) is 20.5 Å². The number of rotatable bonds is 3. The molecule has 4 aliphatic rings. The number of hydrogen-bond acceptors (Lipinski definition) is 6. The van der Waals surface area contributed by atoms with Crippen LogP contribution in [-0.2, 0) is 16.0 Å². The molecule has 1 saturated carbocycles. The number of sulfone groups is 1. The molecular formula is C19H25F3N4O2S. The van der Waals surface area contributed by atoms with Crippen molar-refractivity contribution in [1.29, 1.82) is 0 Å². The highest BCUT2D eigenvalue weighted by atomic mass is 32.2. The van der Waals surface area contributed by atoms with Crippen LogP contribution < -0.4 is 10.6 Å². The lowest BCUT2D eigenvalue weighted by atomic mass is 9.59. The van der Waals surface area contributed by atoms with Crippen molar-refractivity contribution < 1.29 is 21.6 Å². The van der Waals surface area contributed by atoms with E-state index in [0.717, 1.165) is 32.2 Å². The predicted octanol–water partition coefficient (Wildman–Crippen LogP) is 1.47. The van der Waals surface area contributed by atoms with Gasteiger partial charge < -0.3 is 5.32 Å². The zero-order valence-corrected chi connectivity index (χ0v) is 17.3. The molecule has 2 N–H and O–H groups in total. The fraction of sp³-hybridized carbons (Fsp3) is 0.737. The van der Waals surface area contributed by atoms with Gasteiger partial charge in [-0.2, -0.15) is 13.2 Å². The number of nitrogens with zero attached hydrogens (tertiary/aromatic N) is 2. The van der Waals surface area contributed by atoms with Crippen molar-refractivity contribution in [2.75, 3.05) is 32.7 Å². The summed E-state index contributed by atoms with van der Waals surface area (Å²) in [5.74, 6) is 0. The van der Waals surface area contributed by atoms with Crippen LogP contribution in [0, 0.1) is 24.7 Å². The van der Waals surface area contributed by atoms with E-state index in [4.69, 9.17) is 0 Å². The highest BCUT2D eigenvalue weighted by molar-refractivity contribution is 7.92. The summed E-state index contributed by atoms with van der Waals surface area (Å²) >= 11 is 0. The zero-order valence-electron chi connectivity index (χ0n) is 16.4. The Morgan fingerprint density at radius 2 is 1.83 bits per heavy atom. The molecule has 4 heterocycles. The summed E-state index contributed by atoms with van der Waals surface area (Å²) < 4.78 is 65.7. The van der Waals surface area contributed by atoms with Gasteiger partial charge in [0.15, 0.2) is 9.84 Å². The third-order valence-corrected chi connectivity index (χ3v) is 9.77. The van der Waals surface area contributed by atoms with Crippen molar-refractivity contribution in [3.05, 3.63) is 23.0 Å². The molecule has 3 aliphatic heterocycles. The molecule has 1 aromatic heterocycles. The Balaban J connectivity index is 1.33. The van der Waals surface area contributed by atoms with E-state index in [1.165, 1.54) is 26.7 Å². The van der Waals surface area contributed by atoms with Gasteiger partial charge in [0.05, 0.1) is 10.6 Å². The summed E-state index contributed by atoms with van der Waals surface area (Å²) in [4.78, 5) is 5.86. The van der Waals surface area contributed by atoms with E-state index in [1.807, 2.05) is 0 Å². The molecule has 6 nitrogen and oxygen atoms in total. The van der Waals surface area contributed by atoms with Gasteiger partial charge in [-0.1, -0.05) is 0 Å². The predicted molar refractivity (Wildman–Crippen MR) is 100 cm³/mol. The molecule has 1 unspecified atom stereocenters. The molecule has 3 saturated heterocycles. The molecular weight excluding hydrogens is 405 g/mol. The van der Waals surface area contributed by atoms with Gasteiger partial charge in [0.2, 0.25) is 0 Å². The molecule has 0 aromatic carbocycles. The maximum Gasteiger partial charge on any atom is 0.433 e. The van der Waals surface area contributed by atoms with Gasteiger partial charge in [0.1, 0.15) is 11.1 Å². The lowest BCUT2D eigenvalue weighted by molar-refractivity contribution is -0.141. The van der Waals surface area contributed by atoms with Gasteiger partial charge in [-0.15, -0.1) is 0 Å². The molecule has 4 fully saturated rings. The highest BCUT2D eigenvalue weighted by Gasteiger charge is 2.63. The van der Waals surface area contributed by atoms with Crippen LogP contribution in [0.25, 0.3) is 0 Å². The number of pyridine rings is 1. The Morgan fingerprint density at radius 1 is 1.17 bits per heavy atom. The first-order valence-corrected chi connectivity index (χ1v) is 11.5. The van der Waals surface area contributed by atoms with Crippen molar-refractivity contribution in [3.63, 3.8) is 0 Å². The molecule has 29 heavy (non-hydrogen) atoms. The van der Waals surface area contributed by atoms with E-state index >= 15 is 0 Å². The smallest absolute Gasteiger partial charge is 0.316 e. The summed E-state index contributed by atoms with van der Waals surface area (Å²) in [7, 11) is -3.83. The second-order valence-electron chi connectivity index (χ2n) is 9.48. The van der Waals surface area contributed by atoms with E-state index in [-0.39, 0.29) is 21.6 Å². The van der Waals surface area contributed by atoms with Crippen LogP contribution in [0.2, 0.25) is 0 Å². The molecule has 10 heteroatoms. The average molecular weight is 430 g/mol. The summed E-state index contributed by atoms with van der Waals surface area (Å²) in [6, 6.07) is 1.36. The highest BCUT2D eigenvalue weighted by Crippen LogP contribution is 2.52. The Bertz CT molecular complexity index is 937. The van der Waals surface area contributed by atoms with Crippen molar-refractivity contribution >= 4 is 9.84 Å². The van der Waals surface area contributed by atoms with Gasteiger partial charge in [-0.05, 0) is 43.7 Å². The molecule has 160 valence electrons. The number of nitrogens with one attached hydrogen (secondary N) is 2. The minimum absolute atomic E-state index is 0.0661. The number of aryl methyl sites for hydroxylation is 2.